The Bertz CT molecular complexity index is 334. The second kappa shape index (κ2) is 6.15. The van der Waals surface area contributed by atoms with Gasteiger partial charge in [0.05, 0.1) is 19.0 Å². The Labute approximate surface area is 96.0 Å². The Morgan fingerprint density at radius 2 is 2.31 bits per heavy atom. The van der Waals surface area contributed by atoms with E-state index < -0.39 is 0 Å². The molecule has 0 aromatic carbocycles. The molecule has 1 rings (SSSR count). The standard InChI is InChI=1S/C11H19N3O2/c1-4-14-9-10(8-12-14)16-7-5-6-11(15)13(2)3/h8-9H,4-7H2,1-3H3. The van der Waals surface area contributed by atoms with Crippen molar-refractivity contribution in [3.05, 3.63) is 12.4 Å². The molecule has 5 nitrogen and oxygen atoms in total. The fraction of sp³-hybridized carbons (Fsp3) is 0.636. The molecule has 1 heterocycles. The Morgan fingerprint density at radius 3 is 2.88 bits per heavy atom. The zero-order chi connectivity index (χ0) is 12.0. The van der Waals surface area contributed by atoms with E-state index in [2.05, 4.69) is 5.10 Å². The van der Waals surface area contributed by atoms with Crippen molar-refractivity contribution in [3.8, 4) is 5.75 Å². The van der Waals surface area contributed by atoms with Gasteiger partial charge in [0.1, 0.15) is 0 Å². The van der Waals surface area contributed by atoms with Gasteiger partial charge in [-0.25, -0.2) is 0 Å². The number of hydrogen-bond donors (Lipinski definition) is 0. The monoisotopic (exact) mass is 225 g/mol. The lowest BCUT2D eigenvalue weighted by atomic mass is 10.3. The van der Waals surface area contributed by atoms with Crippen LogP contribution in [0.3, 0.4) is 0 Å². The van der Waals surface area contributed by atoms with Crippen LogP contribution in [0, 0.1) is 0 Å². The maximum atomic E-state index is 11.3. The highest BCUT2D eigenvalue weighted by molar-refractivity contribution is 5.75. The van der Waals surface area contributed by atoms with Crippen molar-refractivity contribution in [1.29, 1.82) is 0 Å². The first kappa shape index (κ1) is 12.5. The molecule has 0 aliphatic rings. The average molecular weight is 225 g/mol. The van der Waals surface area contributed by atoms with Crippen molar-refractivity contribution < 1.29 is 9.53 Å². The molecule has 0 N–H and O–H groups in total. The summed E-state index contributed by atoms with van der Waals surface area (Å²) in [6.45, 7) is 3.41. The lowest BCUT2D eigenvalue weighted by molar-refractivity contribution is -0.128. The maximum absolute atomic E-state index is 11.3. The summed E-state index contributed by atoms with van der Waals surface area (Å²) in [6, 6.07) is 0. The zero-order valence-corrected chi connectivity index (χ0v) is 10.1. The molecule has 1 aromatic rings. The Kier molecular flexibility index (Phi) is 4.82. The number of rotatable bonds is 6. The van der Waals surface area contributed by atoms with Crippen molar-refractivity contribution in [2.45, 2.75) is 26.3 Å². The number of aryl methyl sites for hydroxylation is 1. The first-order valence-electron chi connectivity index (χ1n) is 5.49. The molecule has 0 saturated carbocycles. The first-order valence-corrected chi connectivity index (χ1v) is 5.49. The van der Waals surface area contributed by atoms with E-state index in [0.29, 0.717) is 13.0 Å². The smallest absolute Gasteiger partial charge is 0.222 e. The highest BCUT2D eigenvalue weighted by atomic mass is 16.5. The molecule has 1 aromatic heterocycles. The van der Waals surface area contributed by atoms with Crippen molar-refractivity contribution in [2.75, 3.05) is 20.7 Å². The quantitative estimate of drug-likeness (QED) is 0.682. The first-order chi connectivity index (χ1) is 7.63. The molecule has 0 bridgehead atoms. The Morgan fingerprint density at radius 1 is 1.56 bits per heavy atom. The summed E-state index contributed by atoms with van der Waals surface area (Å²) in [6.07, 6.45) is 4.80. The SMILES string of the molecule is CCn1cc(OCCCC(=O)N(C)C)cn1. The van der Waals surface area contributed by atoms with E-state index in [0.717, 1.165) is 18.7 Å². The van der Waals surface area contributed by atoms with E-state index in [1.54, 1.807) is 29.9 Å². The molecule has 16 heavy (non-hydrogen) atoms. The summed E-state index contributed by atoms with van der Waals surface area (Å²) in [5.74, 6) is 0.895. The molecule has 0 fully saturated rings. The molecular weight excluding hydrogens is 206 g/mol. The normalized spacial score (nSPS) is 10.2. The van der Waals surface area contributed by atoms with Crippen LogP contribution in [0.1, 0.15) is 19.8 Å². The van der Waals surface area contributed by atoms with E-state index >= 15 is 0 Å². The lowest BCUT2D eigenvalue weighted by Crippen LogP contribution is -2.21. The number of ether oxygens (including phenoxy) is 1. The summed E-state index contributed by atoms with van der Waals surface area (Å²) in [5.41, 5.74) is 0. The average Bonchev–Trinajstić information content (AvgIpc) is 2.71. The summed E-state index contributed by atoms with van der Waals surface area (Å²) < 4.78 is 7.27. The van der Waals surface area contributed by atoms with Crippen molar-refractivity contribution in [3.63, 3.8) is 0 Å². The molecule has 1 amide bonds. The Balaban J connectivity index is 2.18. The van der Waals surface area contributed by atoms with Crippen LogP contribution >= 0.6 is 0 Å². The molecule has 0 aliphatic heterocycles. The molecule has 0 atom stereocenters. The van der Waals surface area contributed by atoms with Gasteiger partial charge in [-0.15, -0.1) is 0 Å². The molecule has 0 unspecified atom stereocenters. The van der Waals surface area contributed by atoms with Crippen molar-refractivity contribution in [1.82, 2.24) is 14.7 Å². The summed E-state index contributed by atoms with van der Waals surface area (Å²) >= 11 is 0. The number of carbonyl (C=O) groups excluding carboxylic acids is 1. The molecule has 0 aliphatic carbocycles. The van der Waals surface area contributed by atoms with Gasteiger partial charge in [-0.05, 0) is 13.3 Å². The number of amides is 1. The van der Waals surface area contributed by atoms with Gasteiger partial charge in [0.15, 0.2) is 5.75 Å². The van der Waals surface area contributed by atoms with Gasteiger partial charge in [-0.1, -0.05) is 0 Å². The molecular formula is C11H19N3O2. The van der Waals surface area contributed by atoms with Gasteiger partial charge in [-0.2, -0.15) is 5.10 Å². The minimum Gasteiger partial charge on any atom is -0.490 e. The van der Waals surface area contributed by atoms with Crippen LogP contribution in [0.4, 0.5) is 0 Å². The highest BCUT2D eigenvalue weighted by Crippen LogP contribution is 2.08. The fourth-order valence-electron chi connectivity index (χ4n) is 1.23. The Hall–Kier alpha value is -1.52. The largest absolute Gasteiger partial charge is 0.490 e. The second-order valence-corrected chi connectivity index (χ2v) is 3.77. The molecule has 0 spiro atoms. The van der Waals surface area contributed by atoms with Crippen molar-refractivity contribution >= 4 is 5.91 Å². The van der Waals surface area contributed by atoms with Gasteiger partial charge in [-0.3, -0.25) is 9.48 Å². The lowest BCUT2D eigenvalue weighted by Gasteiger charge is -2.09. The number of hydrogen-bond acceptors (Lipinski definition) is 3. The molecule has 0 saturated heterocycles. The third-order valence-corrected chi connectivity index (χ3v) is 2.24. The number of aromatic nitrogens is 2. The van der Waals surface area contributed by atoms with Crippen LogP contribution in [0.5, 0.6) is 5.75 Å². The zero-order valence-electron chi connectivity index (χ0n) is 10.1. The van der Waals surface area contributed by atoms with Gasteiger partial charge in [0.25, 0.3) is 0 Å². The van der Waals surface area contributed by atoms with Crippen LogP contribution < -0.4 is 4.74 Å². The van der Waals surface area contributed by atoms with Crippen LogP contribution in [0.2, 0.25) is 0 Å². The van der Waals surface area contributed by atoms with Crippen LogP contribution in [0.25, 0.3) is 0 Å². The topological polar surface area (TPSA) is 47.4 Å². The summed E-state index contributed by atoms with van der Waals surface area (Å²) in [7, 11) is 3.52. The third kappa shape index (κ3) is 3.92. The van der Waals surface area contributed by atoms with E-state index in [4.69, 9.17) is 4.74 Å². The predicted octanol–water partition coefficient (Wildman–Crippen LogP) is 1.15. The van der Waals surface area contributed by atoms with E-state index in [9.17, 15) is 4.79 Å². The fourth-order valence-corrected chi connectivity index (χ4v) is 1.23. The predicted molar refractivity (Wildman–Crippen MR) is 61.3 cm³/mol. The maximum Gasteiger partial charge on any atom is 0.222 e. The second-order valence-electron chi connectivity index (χ2n) is 3.77. The van der Waals surface area contributed by atoms with Gasteiger partial charge in [0, 0.05) is 27.1 Å². The van der Waals surface area contributed by atoms with Crippen molar-refractivity contribution in [2.24, 2.45) is 0 Å². The molecule has 90 valence electrons. The third-order valence-electron chi connectivity index (χ3n) is 2.24. The van der Waals surface area contributed by atoms with E-state index in [-0.39, 0.29) is 5.91 Å². The van der Waals surface area contributed by atoms with Crippen LogP contribution in [0.15, 0.2) is 12.4 Å². The highest BCUT2D eigenvalue weighted by Gasteiger charge is 2.03. The van der Waals surface area contributed by atoms with Gasteiger partial charge < -0.3 is 9.64 Å². The summed E-state index contributed by atoms with van der Waals surface area (Å²) in [4.78, 5) is 12.9. The minimum absolute atomic E-state index is 0.132. The van der Waals surface area contributed by atoms with E-state index in [1.807, 2.05) is 13.1 Å². The molecule has 0 radical (unpaired) electrons. The van der Waals surface area contributed by atoms with E-state index in [1.165, 1.54) is 0 Å². The van der Waals surface area contributed by atoms with Gasteiger partial charge >= 0.3 is 0 Å². The van der Waals surface area contributed by atoms with Crippen LogP contribution in [-0.2, 0) is 11.3 Å². The summed E-state index contributed by atoms with van der Waals surface area (Å²) in [5, 5.41) is 4.09. The number of nitrogens with zero attached hydrogens (tertiary/aromatic N) is 3. The minimum atomic E-state index is 0.132. The molecule has 5 heteroatoms. The number of carbonyl (C=O) groups is 1. The van der Waals surface area contributed by atoms with Crippen LogP contribution in [-0.4, -0.2) is 41.3 Å². The van der Waals surface area contributed by atoms with Gasteiger partial charge in [0.2, 0.25) is 5.91 Å².